The van der Waals surface area contributed by atoms with Crippen molar-refractivity contribution in [2.75, 3.05) is 26.7 Å². The van der Waals surface area contributed by atoms with E-state index in [1.54, 1.807) is 7.05 Å². The van der Waals surface area contributed by atoms with Crippen LogP contribution in [-0.4, -0.2) is 36.7 Å². The molecule has 0 aliphatic heterocycles. The summed E-state index contributed by atoms with van der Waals surface area (Å²) in [6.45, 7) is 10.9. The summed E-state index contributed by atoms with van der Waals surface area (Å²) in [5, 5.41) is 4.78. The molecule has 18 heavy (non-hydrogen) atoms. The fourth-order valence-corrected chi connectivity index (χ4v) is 1.83. The van der Waals surface area contributed by atoms with E-state index < -0.39 is 0 Å². The third kappa shape index (κ3) is 6.71. The van der Waals surface area contributed by atoms with Gasteiger partial charge in [-0.15, -0.1) is 0 Å². The molecule has 4 heteroatoms. The van der Waals surface area contributed by atoms with E-state index in [0.29, 0.717) is 0 Å². The van der Waals surface area contributed by atoms with Crippen LogP contribution in [0.4, 0.5) is 0 Å². The summed E-state index contributed by atoms with van der Waals surface area (Å²) in [6, 6.07) is 10.6. The van der Waals surface area contributed by atoms with Crippen molar-refractivity contribution in [3.8, 4) is 0 Å². The average Bonchev–Trinajstić information content (AvgIpc) is 2.41. The highest BCUT2D eigenvalue weighted by molar-refractivity contribution is 5.14. The van der Waals surface area contributed by atoms with E-state index >= 15 is 0 Å². The number of hydrazine groups is 2. The topological polar surface area (TPSA) is 44.5 Å². The maximum atomic E-state index is 4.60. The first-order valence-corrected chi connectivity index (χ1v) is 6.64. The summed E-state index contributed by atoms with van der Waals surface area (Å²) >= 11 is 0. The molecule has 0 bridgehead atoms. The summed E-state index contributed by atoms with van der Waals surface area (Å²) in [5.41, 5.74) is 3.63. The van der Waals surface area contributed by atoms with Gasteiger partial charge in [0.2, 0.25) is 0 Å². The lowest BCUT2D eigenvalue weighted by atomic mass is 10.2. The standard InChI is InChI=1S/C13H22N2.CH6N2/c1-4-14(5-2)15(6-3)12-13-10-8-7-9-11-13;1-3-2/h7-11H,4-6,12H2,1-3H3;3H,2H2,1H3. The van der Waals surface area contributed by atoms with Crippen molar-refractivity contribution in [2.24, 2.45) is 5.84 Å². The van der Waals surface area contributed by atoms with Gasteiger partial charge in [-0.2, -0.15) is 0 Å². The molecular weight excluding hydrogens is 224 g/mol. The van der Waals surface area contributed by atoms with E-state index in [1.165, 1.54) is 5.56 Å². The zero-order valence-corrected chi connectivity index (χ0v) is 12.2. The number of benzene rings is 1. The minimum absolute atomic E-state index is 1.01. The van der Waals surface area contributed by atoms with E-state index in [4.69, 9.17) is 0 Å². The Kier molecular flexibility index (Phi) is 10.6. The van der Waals surface area contributed by atoms with Crippen molar-refractivity contribution >= 4 is 0 Å². The Morgan fingerprint density at radius 3 is 1.78 bits per heavy atom. The second-order valence-corrected chi connectivity index (χ2v) is 3.89. The molecule has 0 amide bonds. The lowest BCUT2D eigenvalue weighted by molar-refractivity contribution is -0.0196. The first-order chi connectivity index (χ1) is 8.73. The van der Waals surface area contributed by atoms with Crippen molar-refractivity contribution in [3.05, 3.63) is 35.9 Å². The van der Waals surface area contributed by atoms with E-state index in [1.807, 2.05) is 0 Å². The molecule has 0 aliphatic carbocycles. The molecule has 3 N–H and O–H groups in total. The second-order valence-electron chi connectivity index (χ2n) is 3.89. The Labute approximate surface area is 112 Å². The second kappa shape index (κ2) is 11.2. The monoisotopic (exact) mass is 252 g/mol. The van der Waals surface area contributed by atoms with Crippen molar-refractivity contribution in [2.45, 2.75) is 27.3 Å². The molecular formula is C14H28N4. The average molecular weight is 252 g/mol. The minimum Gasteiger partial charge on any atom is -0.272 e. The van der Waals surface area contributed by atoms with Crippen LogP contribution in [0.5, 0.6) is 0 Å². The Bertz CT molecular complexity index is 272. The molecule has 0 aromatic heterocycles. The Hall–Kier alpha value is -0.940. The maximum Gasteiger partial charge on any atom is 0.0384 e. The van der Waals surface area contributed by atoms with Gasteiger partial charge in [0.25, 0.3) is 0 Å². The van der Waals surface area contributed by atoms with Gasteiger partial charge in [0.1, 0.15) is 0 Å². The zero-order chi connectivity index (χ0) is 13.8. The van der Waals surface area contributed by atoms with Crippen LogP contribution < -0.4 is 11.3 Å². The Morgan fingerprint density at radius 2 is 1.39 bits per heavy atom. The van der Waals surface area contributed by atoms with Crippen LogP contribution in [0.25, 0.3) is 0 Å². The summed E-state index contributed by atoms with van der Waals surface area (Å²) in [4.78, 5) is 0. The molecule has 0 radical (unpaired) electrons. The largest absolute Gasteiger partial charge is 0.272 e. The highest BCUT2D eigenvalue weighted by Gasteiger charge is 2.09. The van der Waals surface area contributed by atoms with Gasteiger partial charge in [0.05, 0.1) is 0 Å². The van der Waals surface area contributed by atoms with E-state index in [9.17, 15) is 0 Å². The molecule has 104 valence electrons. The van der Waals surface area contributed by atoms with Crippen molar-refractivity contribution < 1.29 is 0 Å². The van der Waals surface area contributed by atoms with Crippen LogP contribution in [-0.2, 0) is 6.54 Å². The van der Waals surface area contributed by atoms with Gasteiger partial charge in [-0.3, -0.25) is 11.3 Å². The van der Waals surface area contributed by atoms with Crippen LogP contribution in [0.1, 0.15) is 26.3 Å². The lowest BCUT2D eigenvalue weighted by Crippen LogP contribution is -2.41. The van der Waals surface area contributed by atoms with E-state index in [-0.39, 0.29) is 0 Å². The number of hydrogen-bond donors (Lipinski definition) is 2. The summed E-state index contributed by atoms with van der Waals surface area (Å²) < 4.78 is 0. The summed E-state index contributed by atoms with van der Waals surface area (Å²) in [7, 11) is 1.65. The molecule has 0 unspecified atom stereocenters. The normalized spacial score (nSPS) is 10.4. The van der Waals surface area contributed by atoms with Crippen molar-refractivity contribution in [3.63, 3.8) is 0 Å². The third-order valence-electron chi connectivity index (χ3n) is 2.70. The van der Waals surface area contributed by atoms with Gasteiger partial charge in [-0.05, 0) is 12.6 Å². The van der Waals surface area contributed by atoms with Crippen LogP contribution in [0.15, 0.2) is 30.3 Å². The number of nitrogens with zero attached hydrogens (tertiary/aromatic N) is 2. The van der Waals surface area contributed by atoms with Crippen LogP contribution in [0, 0.1) is 0 Å². The van der Waals surface area contributed by atoms with Crippen LogP contribution >= 0.6 is 0 Å². The fraction of sp³-hybridized carbons (Fsp3) is 0.571. The molecule has 0 heterocycles. The zero-order valence-electron chi connectivity index (χ0n) is 12.2. The number of nitrogens with one attached hydrogen (secondary N) is 1. The predicted molar refractivity (Wildman–Crippen MR) is 78.7 cm³/mol. The summed E-state index contributed by atoms with van der Waals surface area (Å²) in [6.07, 6.45) is 0. The quantitative estimate of drug-likeness (QED) is 0.599. The maximum absolute atomic E-state index is 4.60. The number of hydrogen-bond acceptors (Lipinski definition) is 4. The molecule has 0 saturated heterocycles. The fourth-order valence-electron chi connectivity index (χ4n) is 1.83. The molecule has 1 aromatic carbocycles. The highest BCUT2D eigenvalue weighted by Crippen LogP contribution is 2.06. The molecule has 0 fully saturated rings. The van der Waals surface area contributed by atoms with Crippen molar-refractivity contribution in [1.29, 1.82) is 0 Å². The smallest absolute Gasteiger partial charge is 0.0384 e. The SMILES string of the molecule is CCN(CC)N(CC)Cc1ccccc1.CNN. The highest BCUT2D eigenvalue weighted by atomic mass is 15.6. The molecule has 1 aromatic rings. The predicted octanol–water partition coefficient (Wildman–Crippen LogP) is 1.84. The lowest BCUT2D eigenvalue weighted by Gasteiger charge is -2.32. The minimum atomic E-state index is 1.01. The van der Waals surface area contributed by atoms with Gasteiger partial charge in [-0.25, -0.2) is 10.0 Å². The molecule has 1 rings (SSSR count). The molecule has 4 nitrogen and oxygen atoms in total. The third-order valence-corrected chi connectivity index (χ3v) is 2.70. The number of nitrogens with two attached hydrogens (primary N) is 1. The molecule has 0 aliphatic rings. The molecule has 0 saturated carbocycles. The molecule has 0 atom stereocenters. The van der Waals surface area contributed by atoms with Crippen LogP contribution in [0.3, 0.4) is 0 Å². The Balaban J connectivity index is 0.000000873. The number of rotatable bonds is 6. The summed E-state index contributed by atoms with van der Waals surface area (Å²) in [5.74, 6) is 4.60. The van der Waals surface area contributed by atoms with E-state index in [0.717, 1.165) is 26.2 Å². The Morgan fingerprint density at radius 1 is 0.944 bits per heavy atom. The van der Waals surface area contributed by atoms with Gasteiger partial charge < -0.3 is 0 Å². The van der Waals surface area contributed by atoms with Gasteiger partial charge in [0.15, 0.2) is 0 Å². The first-order valence-electron chi connectivity index (χ1n) is 6.64. The first kappa shape index (κ1) is 17.1. The van der Waals surface area contributed by atoms with Crippen molar-refractivity contribution in [1.82, 2.24) is 15.4 Å². The molecule has 0 spiro atoms. The van der Waals surface area contributed by atoms with Gasteiger partial charge in [-0.1, -0.05) is 51.1 Å². The van der Waals surface area contributed by atoms with Crippen LogP contribution in [0.2, 0.25) is 0 Å². The van der Waals surface area contributed by atoms with Gasteiger partial charge in [0, 0.05) is 26.2 Å². The van der Waals surface area contributed by atoms with E-state index in [2.05, 4.69) is 72.4 Å². The van der Waals surface area contributed by atoms with Gasteiger partial charge >= 0.3 is 0 Å².